The summed E-state index contributed by atoms with van der Waals surface area (Å²) in [5.74, 6) is -0.420. The molecule has 0 fully saturated rings. The van der Waals surface area contributed by atoms with E-state index in [0.29, 0.717) is 5.75 Å². The summed E-state index contributed by atoms with van der Waals surface area (Å²) in [6, 6.07) is 10.9. The molecule has 0 amide bonds. The van der Waals surface area contributed by atoms with Gasteiger partial charge in [-0.2, -0.15) is 0 Å². The number of hydrogen-bond acceptors (Lipinski definition) is 4. The lowest BCUT2D eigenvalue weighted by Crippen LogP contribution is -2.01. The summed E-state index contributed by atoms with van der Waals surface area (Å²) in [5, 5.41) is 8.89. The second-order valence-corrected chi connectivity index (χ2v) is 5.11. The van der Waals surface area contributed by atoms with Gasteiger partial charge in [0.1, 0.15) is 5.69 Å². The third kappa shape index (κ3) is 3.26. The van der Waals surface area contributed by atoms with E-state index in [4.69, 9.17) is 10.8 Å². The highest BCUT2D eigenvalue weighted by Gasteiger charge is 2.07. The van der Waals surface area contributed by atoms with E-state index in [1.807, 2.05) is 31.2 Å². The first-order valence-electron chi connectivity index (χ1n) is 5.75. The van der Waals surface area contributed by atoms with E-state index in [2.05, 4.69) is 4.98 Å². The van der Waals surface area contributed by atoms with Crippen LogP contribution in [0, 0.1) is 6.92 Å². The Bertz CT molecular complexity index is 614. The summed E-state index contributed by atoms with van der Waals surface area (Å²) in [7, 11) is 0. The molecule has 1 aromatic heterocycles. The molecule has 0 aliphatic heterocycles. The van der Waals surface area contributed by atoms with Crippen LogP contribution in [-0.2, 0) is 5.75 Å². The quantitative estimate of drug-likeness (QED) is 0.662. The number of aryl methyl sites for hydroxylation is 1. The number of anilines is 1. The van der Waals surface area contributed by atoms with Gasteiger partial charge in [-0.3, -0.25) is 0 Å². The summed E-state index contributed by atoms with van der Waals surface area (Å²) in [4.78, 5) is 15.9. The number of para-hydroxylation sites is 1. The smallest absolute Gasteiger partial charge is 0.354 e. The Morgan fingerprint density at radius 3 is 2.79 bits per heavy atom. The molecule has 1 aromatic carbocycles. The van der Waals surface area contributed by atoms with Gasteiger partial charge in [0.25, 0.3) is 0 Å². The van der Waals surface area contributed by atoms with Crippen molar-refractivity contribution in [3.8, 4) is 0 Å². The number of benzene rings is 1. The maximum absolute atomic E-state index is 10.8. The number of aromatic nitrogens is 1. The maximum Gasteiger partial charge on any atom is 0.354 e. The van der Waals surface area contributed by atoms with Crippen LogP contribution in [0.3, 0.4) is 0 Å². The number of aromatic carboxylic acids is 1. The monoisotopic (exact) mass is 274 g/mol. The van der Waals surface area contributed by atoms with Crippen LogP contribution < -0.4 is 5.73 Å². The Labute approximate surface area is 115 Å². The van der Waals surface area contributed by atoms with Crippen LogP contribution >= 0.6 is 11.8 Å². The number of nitrogens with zero attached hydrogens (tertiary/aromatic N) is 1. The van der Waals surface area contributed by atoms with Gasteiger partial charge >= 0.3 is 5.97 Å². The van der Waals surface area contributed by atoms with Gasteiger partial charge in [0.05, 0.1) is 5.69 Å². The minimum absolute atomic E-state index is 0.0651. The summed E-state index contributed by atoms with van der Waals surface area (Å²) in [6.45, 7) is 1.96. The number of hydrogen-bond donors (Lipinski definition) is 2. The van der Waals surface area contributed by atoms with E-state index in [1.54, 1.807) is 17.8 Å². The Balaban J connectivity index is 2.12. The van der Waals surface area contributed by atoms with E-state index in [1.165, 1.54) is 6.07 Å². The normalized spacial score (nSPS) is 10.4. The fourth-order valence-electron chi connectivity index (χ4n) is 1.61. The van der Waals surface area contributed by atoms with Crippen LogP contribution in [0.4, 0.5) is 5.69 Å². The van der Waals surface area contributed by atoms with Crippen molar-refractivity contribution in [2.45, 2.75) is 17.6 Å². The standard InChI is InChI=1S/C14H14N2O2S/c1-9-4-2-7-12(13(9)15)19-8-10-5-3-6-11(16-10)14(17)18/h2-7H,8,15H2,1H3,(H,17,18). The zero-order chi connectivity index (χ0) is 13.8. The summed E-state index contributed by atoms with van der Waals surface area (Å²) in [5.41, 5.74) is 8.59. The van der Waals surface area contributed by atoms with Crippen molar-refractivity contribution < 1.29 is 9.90 Å². The van der Waals surface area contributed by atoms with E-state index in [0.717, 1.165) is 21.8 Å². The van der Waals surface area contributed by atoms with Crippen LogP contribution in [0.2, 0.25) is 0 Å². The molecule has 2 rings (SSSR count). The lowest BCUT2D eigenvalue weighted by atomic mass is 10.2. The zero-order valence-corrected chi connectivity index (χ0v) is 11.3. The van der Waals surface area contributed by atoms with Crippen molar-refractivity contribution in [3.63, 3.8) is 0 Å². The van der Waals surface area contributed by atoms with Crippen LogP contribution in [0.15, 0.2) is 41.3 Å². The third-order valence-electron chi connectivity index (χ3n) is 2.69. The van der Waals surface area contributed by atoms with E-state index in [-0.39, 0.29) is 5.69 Å². The number of carbonyl (C=O) groups is 1. The first-order valence-corrected chi connectivity index (χ1v) is 6.73. The molecule has 0 aliphatic carbocycles. The fourth-order valence-corrected chi connectivity index (χ4v) is 2.57. The van der Waals surface area contributed by atoms with Gasteiger partial charge < -0.3 is 10.8 Å². The molecule has 0 unspecified atom stereocenters. The summed E-state index contributed by atoms with van der Waals surface area (Å²) >= 11 is 1.55. The van der Waals surface area contributed by atoms with Crippen molar-refractivity contribution in [1.82, 2.24) is 4.98 Å². The number of thioether (sulfide) groups is 1. The van der Waals surface area contributed by atoms with Crippen LogP contribution in [0.25, 0.3) is 0 Å². The summed E-state index contributed by atoms with van der Waals surface area (Å²) < 4.78 is 0. The molecule has 0 radical (unpaired) electrons. The van der Waals surface area contributed by atoms with Crippen LogP contribution in [0.5, 0.6) is 0 Å². The second kappa shape index (κ2) is 5.75. The molecule has 0 saturated heterocycles. The van der Waals surface area contributed by atoms with Gasteiger partial charge in [0.15, 0.2) is 0 Å². The topological polar surface area (TPSA) is 76.2 Å². The minimum Gasteiger partial charge on any atom is -0.477 e. The van der Waals surface area contributed by atoms with Gasteiger partial charge in [0, 0.05) is 16.3 Å². The lowest BCUT2D eigenvalue weighted by Gasteiger charge is -2.07. The predicted molar refractivity (Wildman–Crippen MR) is 76.3 cm³/mol. The molecule has 4 nitrogen and oxygen atoms in total. The van der Waals surface area contributed by atoms with E-state index >= 15 is 0 Å². The van der Waals surface area contributed by atoms with Crippen molar-refractivity contribution in [2.24, 2.45) is 0 Å². The molecule has 1 heterocycles. The zero-order valence-electron chi connectivity index (χ0n) is 10.5. The molecule has 0 aliphatic rings. The highest BCUT2D eigenvalue weighted by Crippen LogP contribution is 2.29. The summed E-state index contributed by atoms with van der Waals surface area (Å²) in [6.07, 6.45) is 0. The van der Waals surface area contributed by atoms with Gasteiger partial charge in [-0.25, -0.2) is 9.78 Å². The number of nitrogens with two attached hydrogens (primary N) is 1. The Kier molecular flexibility index (Phi) is 4.06. The predicted octanol–water partition coefficient (Wildman–Crippen LogP) is 2.96. The van der Waals surface area contributed by atoms with E-state index in [9.17, 15) is 4.79 Å². The Hall–Kier alpha value is -2.01. The van der Waals surface area contributed by atoms with Crippen LogP contribution in [-0.4, -0.2) is 16.1 Å². The Morgan fingerprint density at radius 1 is 1.32 bits per heavy atom. The third-order valence-corrected chi connectivity index (χ3v) is 3.79. The molecule has 98 valence electrons. The Morgan fingerprint density at radius 2 is 2.05 bits per heavy atom. The number of rotatable bonds is 4. The van der Waals surface area contributed by atoms with Gasteiger partial charge in [-0.15, -0.1) is 11.8 Å². The minimum atomic E-state index is -1.01. The SMILES string of the molecule is Cc1cccc(SCc2cccc(C(=O)O)n2)c1N. The number of carboxylic acids is 1. The molecular weight excluding hydrogens is 260 g/mol. The molecule has 0 spiro atoms. The highest BCUT2D eigenvalue weighted by molar-refractivity contribution is 7.98. The largest absolute Gasteiger partial charge is 0.477 e. The number of pyridine rings is 1. The first-order chi connectivity index (χ1) is 9.08. The molecule has 5 heteroatoms. The van der Waals surface area contributed by atoms with Gasteiger partial charge in [-0.1, -0.05) is 18.2 Å². The van der Waals surface area contributed by atoms with Crippen molar-refractivity contribution in [3.05, 3.63) is 53.3 Å². The molecule has 0 saturated carbocycles. The average molecular weight is 274 g/mol. The fraction of sp³-hybridized carbons (Fsp3) is 0.143. The maximum atomic E-state index is 10.8. The number of carboxylic acid groups (broad SMARTS) is 1. The second-order valence-electron chi connectivity index (χ2n) is 4.09. The molecule has 19 heavy (non-hydrogen) atoms. The van der Waals surface area contributed by atoms with Crippen LogP contribution in [0.1, 0.15) is 21.7 Å². The highest BCUT2D eigenvalue weighted by atomic mass is 32.2. The van der Waals surface area contributed by atoms with E-state index < -0.39 is 5.97 Å². The van der Waals surface area contributed by atoms with Crippen molar-refractivity contribution in [2.75, 3.05) is 5.73 Å². The van der Waals surface area contributed by atoms with Gasteiger partial charge in [-0.05, 0) is 30.7 Å². The molecule has 0 bridgehead atoms. The molecule has 2 aromatic rings. The van der Waals surface area contributed by atoms with Gasteiger partial charge in [0.2, 0.25) is 0 Å². The first kappa shape index (κ1) is 13.4. The van der Waals surface area contributed by atoms with Crippen molar-refractivity contribution >= 4 is 23.4 Å². The molecule has 3 N–H and O–H groups in total. The lowest BCUT2D eigenvalue weighted by molar-refractivity contribution is 0.0690. The van der Waals surface area contributed by atoms with Crippen molar-refractivity contribution in [1.29, 1.82) is 0 Å². The number of nitrogen functional groups attached to an aromatic ring is 1. The molecule has 0 atom stereocenters. The average Bonchev–Trinajstić information content (AvgIpc) is 2.41. The molecular formula is C14H14N2O2S.